The van der Waals surface area contributed by atoms with Crippen molar-refractivity contribution in [3.05, 3.63) is 28.2 Å². The average molecular weight is 388 g/mol. The van der Waals surface area contributed by atoms with Crippen molar-refractivity contribution < 1.29 is 4.79 Å². The standard InChI is InChI=1S/C18H21N5OS2/c1-9-15(10(2)23(4)22-9)21-16(24)11(3)25-17-14-12-6-5-7-13(12)26-18(14)20-8-19-17/h8,11H,5-7H2,1-4H3,(H,21,24)/t11-/m0/s1. The van der Waals surface area contributed by atoms with Crippen molar-refractivity contribution in [1.82, 2.24) is 19.7 Å². The van der Waals surface area contributed by atoms with Crippen LogP contribution in [0.15, 0.2) is 11.4 Å². The zero-order chi connectivity index (χ0) is 18.4. The van der Waals surface area contributed by atoms with Crippen LogP contribution in [-0.4, -0.2) is 30.9 Å². The number of aryl methyl sites for hydroxylation is 4. The van der Waals surface area contributed by atoms with Crippen molar-refractivity contribution in [2.45, 2.75) is 50.3 Å². The SMILES string of the molecule is Cc1nn(C)c(C)c1NC(=O)[C@H](C)Sc1ncnc2sc3c(c12)CCC3. The van der Waals surface area contributed by atoms with Gasteiger partial charge in [0.25, 0.3) is 0 Å². The van der Waals surface area contributed by atoms with E-state index in [2.05, 4.69) is 20.4 Å². The van der Waals surface area contributed by atoms with Gasteiger partial charge in [0.15, 0.2) is 0 Å². The van der Waals surface area contributed by atoms with Crippen LogP contribution in [-0.2, 0) is 24.7 Å². The highest BCUT2D eigenvalue weighted by molar-refractivity contribution is 8.00. The summed E-state index contributed by atoms with van der Waals surface area (Å²) >= 11 is 3.28. The molecule has 1 amide bonds. The lowest BCUT2D eigenvalue weighted by molar-refractivity contribution is -0.115. The Hall–Kier alpha value is -1.93. The summed E-state index contributed by atoms with van der Waals surface area (Å²) in [6, 6.07) is 0. The van der Waals surface area contributed by atoms with E-state index in [1.54, 1.807) is 22.3 Å². The molecule has 0 saturated carbocycles. The molecule has 1 atom stereocenters. The van der Waals surface area contributed by atoms with Crippen molar-refractivity contribution in [2.75, 3.05) is 5.32 Å². The molecule has 4 rings (SSSR count). The lowest BCUT2D eigenvalue weighted by Crippen LogP contribution is -2.23. The highest BCUT2D eigenvalue weighted by Crippen LogP contribution is 2.41. The Morgan fingerprint density at radius 3 is 2.88 bits per heavy atom. The molecule has 0 saturated heterocycles. The molecule has 3 aromatic heterocycles. The van der Waals surface area contributed by atoms with Gasteiger partial charge >= 0.3 is 0 Å². The lowest BCUT2D eigenvalue weighted by atomic mass is 10.2. The second-order valence-corrected chi connectivity index (χ2v) is 9.05. The van der Waals surface area contributed by atoms with E-state index in [4.69, 9.17) is 0 Å². The predicted octanol–water partition coefficient (Wildman–Crippen LogP) is 3.65. The number of fused-ring (bicyclic) bond motifs is 3. The fourth-order valence-electron chi connectivity index (χ4n) is 3.39. The van der Waals surface area contributed by atoms with Crippen LogP contribution >= 0.6 is 23.1 Å². The largest absolute Gasteiger partial charge is 0.322 e. The maximum atomic E-state index is 12.7. The third kappa shape index (κ3) is 2.91. The highest BCUT2D eigenvalue weighted by Gasteiger charge is 2.24. The van der Waals surface area contributed by atoms with Crippen LogP contribution in [0.5, 0.6) is 0 Å². The summed E-state index contributed by atoms with van der Waals surface area (Å²) in [6.45, 7) is 5.78. The first-order valence-electron chi connectivity index (χ1n) is 8.68. The van der Waals surface area contributed by atoms with Gasteiger partial charge < -0.3 is 5.32 Å². The molecule has 136 valence electrons. The fourth-order valence-corrected chi connectivity index (χ4v) is 5.63. The van der Waals surface area contributed by atoms with Crippen molar-refractivity contribution in [3.8, 4) is 0 Å². The Kier molecular flexibility index (Phi) is 4.48. The van der Waals surface area contributed by atoms with Crippen molar-refractivity contribution in [2.24, 2.45) is 7.05 Å². The number of hydrogen-bond acceptors (Lipinski definition) is 6. The van der Waals surface area contributed by atoms with Gasteiger partial charge in [-0.2, -0.15) is 5.10 Å². The molecule has 0 unspecified atom stereocenters. The molecule has 0 aromatic carbocycles. The van der Waals surface area contributed by atoms with Crippen molar-refractivity contribution >= 4 is 44.9 Å². The summed E-state index contributed by atoms with van der Waals surface area (Å²) < 4.78 is 1.78. The number of thiophene rings is 1. The molecular formula is C18H21N5OS2. The number of amides is 1. The molecule has 0 aliphatic heterocycles. The minimum Gasteiger partial charge on any atom is -0.322 e. The highest BCUT2D eigenvalue weighted by atomic mass is 32.2. The zero-order valence-electron chi connectivity index (χ0n) is 15.3. The number of carbonyl (C=O) groups excluding carboxylic acids is 1. The Balaban J connectivity index is 1.57. The number of nitrogens with zero attached hydrogens (tertiary/aromatic N) is 4. The number of carbonyl (C=O) groups is 1. The van der Waals surface area contributed by atoms with E-state index in [0.29, 0.717) is 0 Å². The van der Waals surface area contributed by atoms with Crippen LogP contribution in [0.25, 0.3) is 10.2 Å². The molecule has 1 aliphatic carbocycles. The minimum absolute atomic E-state index is 0.0344. The second kappa shape index (κ2) is 6.66. The van der Waals surface area contributed by atoms with Gasteiger partial charge in [0.2, 0.25) is 5.91 Å². The Morgan fingerprint density at radius 2 is 2.15 bits per heavy atom. The number of rotatable bonds is 4. The number of aromatic nitrogens is 4. The molecule has 1 aliphatic rings. The molecular weight excluding hydrogens is 366 g/mol. The van der Waals surface area contributed by atoms with Crippen LogP contribution in [0.1, 0.15) is 35.2 Å². The van der Waals surface area contributed by atoms with Crippen LogP contribution in [0.3, 0.4) is 0 Å². The van der Waals surface area contributed by atoms with E-state index < -0.39 is 0 Å². The maximum Gasteiger partial charge on any atom is 0.237 e. The molecule has 26 heavy (non-hydrogen) atoms. The van der Waals surface area contributed by atoms with Crippen LogP contribution in [0.2, 0.25) is 0 Å². The maximum absolute atomic E-state index is 12.7. The van der Waals surface area contributed by atoms with Crippen molar-refractivity contribution in [3.63, 3.8) is 0 Å². The predicted molar refractivity (Wildman–Crippen MR) is 106 cm³/mol. The van der Waals surface area contributed by atoms with E-state index in [1.807, 2.05) is 27.8 Å². The average Bonchev–Trinajstić information content (AvgIpc) is 3.25. The summed E-state index contributed by atoms with van der Waals surface area (Å²) in [7, 11) is 1.88. The smallest absolute Gasteiger partial charge is 0.237 e. The first kappa shape index (κ1) is 17.5. The quantitative estimate of drug-likeness (QED) is 0.546. The zero-order valence-corrected chi connectivity index (χ0v) is 16.9. The van der Waals surface area contributed by atoms with Crippen LogP contribution in [0.4, 0.5) is 5.69 Å². The second-order valence-electron chi connectivity index (χ2n) is 6.64. The fraction of sp³-hybridized carbons (Fsp3) is 0.444. The lowest BCUT2D eigenvalue weighted by Gasteiger charge is -2.12. The van der Waals surface area contributed by atoms with Crippen LogP contribution < -0.4 is 5.32 Å². The normalized spacial score (nSPS) is 14.6. The Bertz CT molecular complexity index is 1010. The molecule has 0 spiro atoms. The number of hydrogen-bond donors (Lipinski definition) is 1. The number of anilines is 1. The summed E-state index contributed by atoms with van der Waals surface area (Å²) in [5.41, 5.74) is 3.97. The Labute approximate surface area is 160 Å². The minimum atomic E-state index is -0.260. The van der Waals surface area contributed by atoms with E-state index >= 15 is 0 Å². The summed E-state index contributed by atoms with van der Waals surface area (Å²) in [5.74, 6) is -0.0344. The third-order valence-corrected chi connectivity index (χ3v) is 7.18. The summed E-state index contributed by atoms with van der Waals surface area (Å²) in [4.78, 5) is 24.1. The molecule has 3 heterocycles. The molecule has 3 aromatic rings. The Morgan fingerprint density at radius 1 is 1.35 bits per heavy atom. The number of nitrogens with one attached hydrogen (secondary N) is 1. The molecule has 0 radical (unpaired) electrons. The van der Waals surface area contributed by atoms with Gasteiger partial charge in [0, 0.05) is 17.3 Å². The van der Waals surface area contributed by atoms with Crippen molar-refractivity contribution in [1.29, 1.82) is 0 Å². The van der Waals surface area contributed by atoms with E-state index in [-0.39, 0.29) is 11.2 Å². The monoisotopic (exact) mass is 387 g/mol. The van der Waals surface area contributed by atoms with E-state index in [0.717, 1.165) is 45.2 Å². The molecule has 6 nitrogen and oxygen atoms in total. The first-order valence-corrected chi connectivity index (χ1v) is 10.4. The van der Waals surface area contributed by atoms with Gasteiger partial charge in [-0.25, -0.2) is 9.97 Å². The van der Waals surface area contributed by atoms with Gasteiger partial charge in [-0.3, -0.25) is 9.48 Å². The van der Waals surface area contributed by atoms with E-state index in [1.165, 1.54) is 28.6 Å². The van der Waals surface area contributed by atoms with Gasteiger partial charge in [-0.05, 0) is 45.6 Å². The topological polar surface area (TPSA) is 72.7 Å². The van der Waals surface area contributed by atoms with Crippen LogP contribution in [0, 0.1) is 13.8 Å². The van der Waals surface area contributed by atoms with Gasteiger partial charge in [-0.1, -0.05) is 11.8 Å². The van der Waals surface area contributed by atoms with Gasteiger partial charge in [-0.15, -0.1) is 11.3 Å². The molecule has 1 N–H and O–H groups in total. The first-order chi connectivity index (χ1) is 12.5. The number of thioether (sulfide) groups is 1. The third-order valence-electron chi connectivity index (χ3n) is 4.88. The summed E-state index contributed by atoms with van der Waals surface area (Å²) in [5, 5.41) is 9.20. The molecule has 0 bridgehead atoms. The molecule has 0 fully saturated rings. The van der Waals surface area contributed by atoms with Gasteiger partial charge in [0.05, 0.1) is 22.3 Å². The molecule has 8 heteroatoms. The van der Waals surface area contributed by atoms with Gasteiger partial charge in [0.1, 0.15) is 16.2 Å². The summed E-state index contributed by atoms with van der Waals surface area (Å²) in [6.07, 6.45) is 5.03. The van der Waals surface area contributed by atoms with E-state index in [9.17, 15) is 4.79 Å².